The van der Waals surface area contributed by atoms with Crippen LogP contribution >= 0.6 is 46.2 Å². The summed E-state index contributed by atoms with van der Waals surface area (Å²) in [7, 11) is 0. The topological polar surface area (TPSA) is 222 Å². The summed E-state index contributed by atoms with van der Waals surface area (Å²) in [5.41, 5.74) is 4.74. The average molecular weight is 681 g/mol. The van der Waals surface area contributed by atoms with E-state index in [4.69, 9.17) is 10.6 Å². The van der Waals surface area contributed by atoms with Crippen LogP contribution in [0.1, 0.15) is 19.5 Å². The number of hydrogen-bond donors (Lipinski definition) is 5. The van der Waals surface area contributed by atoms with Gasteiger partial charge in [0, 0.05) is 23.0 Å². The van der Waals surface area contributed by atoms with Gasteiger partial charge in [-0.15, -0.1) is 34.4 Å². The van der Waals surface area contributed by atoms with Crippen LogP contribution in [0.4, 0.5) is 5.13 Å². The van der Waals surface area contributed by atoms with Crippen molar-refractivity contribution in [3.05, 3.63) is 40.8 Å². The van der Waals surface area contributed by atoms with Crippen molar-refractivity contribution in [3.63, 3.8) is 0 Å². The number of fused-ring (bicyclic) bond motifs is 2. The zero-order valence-corrected chi connectivity index (χ0v) is 26.4. The van der Waals surface area contributed by atoms with Crippen LogP contribution < -0.4 is 15.6 Å². The number of oxime groups is 1. The molecule has 44 heavy (non-hydrogen) atoms. The number of nitrogens with two attached hydrogens (primary N) is 1. The van der Waals surface area contributed by atoms with Crippen LogP contribution in [-0.4, -0.2) is 94.8 Å². The van der Waals surface area contributed by atoms with Crippen molar-refractivity contribution < 1.29 is 43.9 Å². The minimum absolute atomic E-state index is 0.00167. The van der Waals surface area contributed by atoms with Crippen LogP contribution in [0.15, 0.2) is 44.6 Å². The number of β-lactam (4-membered cyclic amide) rings is 1. The number of aromatic nitrogens is 3. The molecule has 2 atom stereocenters. The summed E-state index contributed by atoms with van der Waals surface area (Å²) in [6.07, 6.45) is 3.69. The summed E-state index contributed by atoms with van der Waals surface area (Å²) >= 11 is 5.16. The first-order valence-corrected chi connectivity index (χ1v) is 16.6. The second-order valence-corrected chi connectivity index (χ2v) is 14.2. The molecule has 2 aliphatic heterocycles. The molecule has 0 aliphatic carbocycles. The molecule has 0 spiro atoms. The fraction of sp³-hybridized carbons (Fsp3) is 0.360. The Kier molecular flexibility index (Phi) is 9.12. The van der Waals surface area contributed by atoms with Gasteiger partial charge in [0.1, 0.15) is 34.9 Å². The third-order valence-corrected chi connectivity index (χ3v) is 10.8. The number of aliphatic carboxylic acids is 2. The molecule has 5 rings (SSSR count). The molecule has 0 radical (unpaired) electrons. The maximum Gasteiger partial charge on any atom is 0.352 e. The van der Waals surface area contributed by atoms with Crippen LogP contribution in [0.3, 0.4) is 0 Å². The van der Waals surface area contributed by atoms with Crippen molar-refractivity contribution in [2.75, 3.05) is 23.8 Å². The number of carbonyl (C=O) groups is 4. The molecule has 232 valence electrons. The van der Waals surface area contributed by atoms with Crippen molar-refractivity contribution in [2.24, 2.45) is 5.16 Å². The minimum Gasteiger partial charge on any atom is -0.478 e. The lowest BCUT2D eigenvalue weighted by Gasteiger charge is -2.49. The van der Waals surface area contributed by atoms with E-state index in [1.165, 1.54) is 54.1 Å². The van der Waals surface area contributed by atoms with E-state index >= 15 is 0 Å². The van der Waals surface area contributed by atoms with Crippen molar-refractivity contribution in [2.45, 2.75) is 41.7 Å². The van der Waals surface area contributed by atoms with Crippen LogP contribution in [0, 0.1) is 0 Å². The standard InChI is InChI=1S/C25H25N7O8S4/c1-25(2,22(38)39)40-30-15(13-10-42-23(26)27-13)18(34)29-16-19(35)32-17(21(36)37)11(8-41-20(16)32)9-43-24-28-12-7-31(5-6-33)4-3-14(12)44-24/h3-4,7,10,16,20,33H,5-6,8-9H2,1-2H3,(H4-,26,27,29,34,36,37,38,39)/p+1/t16?,20-/m0/s1. The highest BCUT2D eigenvalue weighted by Crippen LogP contribution is 2.42. The Morgan fingerprint density at radius 2 is 2.09 bits per heavy atom. The number of thiazole rings is 2. The van der Waals surface area contributed by atoms with Gasteiger partial charge in [-0.05, 0) is 19.4 Å². The predicted octanol–water partition coefficient (Wildman–Crippen LogP) is 0.730. The van der Waals surface area contributed by atoms with E-state index in [1.807, 2.05) is 23.0 Å². The second-order valence-electron chi connectivity index (χ2n) is 9.96. The second kappa shape index (κ2) is 12.7. The number of carboxylic acid groups (broad SMARTS) is 2. The molecule has 5 heterocycles. The van der Waals surface area contributed by atoms with E-state index in [1.54, 1.807) is 0 Å². The number of anilines is 1. The monoisotopic (exact) mass is 680 g/mol. The Morgan fingerprint density at radius 3 is 2.75 bits per heavy atom. The third kappa shape index (κ3) is 6.36. The summed E-state index contributed by atoms with van der Waals surface area (Å²) in [4.78, 5) is 65.1. The number of aliphatic hydroxyl groups excluding tert-OH is 1. The molecule has 2 amide bonds. The Hall–Kier alpha value is -3.78. The van der Waals surface area contributed by atoms with E-state index in [0.29, 0.717) is 17.9 Å². The maximum atomic E-state index is 13.3. The Balaban J connectivity index is 1.31. The van der Waals surface area contributed by atoms with E-state index in [9.17, 15) is 34.5 Å². The summed E-state index contributed by atoms with van der Waals surface area (Å²) < 4.78 is 3.51. The molecule has 3 aromatic heterocycles. The van der Waals surface area contributed by atoms with Crippen molar-refractivity contribution in [1.29, 1.82) is 0 Å². The number of carbonyl (C=O) groups excluding carboxylic acids is 2. The summed E-state index contributed by atoms with van der Waals surface area (Å²) in [6, 6.07) is 0.834. The highest BCUT2D eigenvalue weighted by molar-refractivity contribution is 8.02. The van der Waals surface area contributed by atoms with Gasteiger partial charge in [-0.25, -0.2) is 24.1 Å². The molecule has 19 heteroatoms. The van der Waals surface area contributed by atoms with Crippen LogP contribution in [-0.2, 0) is 30.6 Å². The molecule has 0 saturated carbocycles. The van der Waals surface area contributed by atoms with Gasteiger partial charge in [0.15, 0.2) is 34.1 Å². The minimum atomic E-state index is -1.77. The van der Waals surface area contributed by atoms with Crippen LogP contribution in [0.5, 0.6) is 0 Å². The van der Waals surface area contributed by atoms with E-state index in [0.717, 1.165) is 30.8 Å². The fourth-order valence-corrected chi connectivity index (χ4v) is 8.23. The number of thioether (sulfide) groups is 2. The lowest BCUT2D eigenvalue weighted by molar-refractivity contribution is -0.696. The predicted molar refractivity (Wildman–Crippen MR) is 163 cm³/mol. The quantitative estimate of drug-likeness (QED) is 0.0586. The van der Waals surface area contributed by atoms with Crippen LogP contribution in [0.2, 0.25) is 0 Å². The van der Waals surface area contributed by atoms with Gasteiger partial charge < -0.3 is 31.2 Å². The molecule has 1 unspecified atom stereocenters. The molecule has 6 N–H and O–H groups in total. The van der Waals surface area contributed by atoms with Gasteiger partial charge in [0.25, 0.3) is 11.8 Å². The molecule has 1 saturated heterocycles. The smallest absolute Gasteiger partial charge is 0.352 e. The highest BCUT2D eigenvalue weighted by Gasteiger charge is 2.54. The molecule has 0 bridgehead atoms. The number of pyridine rings is 1. The van der Waals surface area contributed by atoms with Crippen molar-refractivity contribution in [3.8, 4) is 0 Å². The summed E-state index contributed by atoms with van der Waals surface area (Å²) in [5, 5.41) is 35.7. The van der Waals surface area contributed by atoms with Gasteiger partial charge in [0.2, 0.25) is 5.60 Å². The normalized spacial score (nSPS) is 18.7. The number of carboxylic acids is 2. The van der Waals surface area contributed by atoms with Gasteiger partial charge in [-0.3, -0.25) is 14.5 Å². The first-order valence-electron chi connectivity index (χ1n) is 12.8. The van der Waals surface area contributed by atoms with Gasteiger partial charge in [-0.1, -0.05) is 16.9 Å². The van der Waals surface area contributed by atoms with Crippen molar-refractivity contribution in [1.82, 2.24) is 20.2 Å². The molecule has 15 nitrogen and oxygen atoms in total. The fourth-order valence-electron chi connectivity index (χ4n) is 4.17. The third-order valence-electron chi connectivity index (χ3n) is 6.49. The lowest BCUT2D eigenvalue weighted by Crippen LogP contribution is -2.71. The van der Waals surface area contributed by atoms with E-state index in [-0.39, 0.29) is 34.6 Å². The van der Waals surface area contributed by atoms with Gasteiger partial charge in [0.05, 0.1) is 4.70 Å². The Bertz CT molecular complexity index is 1720. The summed E-state index contributed by atoms with van der Waals surface area (Å²) in [6.45, 7) is 2.94. The zero-order valence-electron chi connectivity index (χ0n) is 23.1. The Morgan fingerprint density at radius 1 is 1.32 bits per heavy atom. The number of aliphatic hydroxyl groups is 1. The Labute approximate surface area is 265 Å². The molecule has 1 fully saturated rings. The van der Waals surface area contributed by atoms with E-state index in [2.05, 4.69) is 20.4 Å². The lowest BCUT2D eigenvalue weighted by atomic mass is 10.0. The molecule has 3 aromatic rings. The van der Waals surface area contributed by atoms with Crippen molar-refractivity contribution >= 4 is 91.0 Å². The number of nitrogens with zero attached hydrogens (tertiary/aromatic N) is 5. The number of hydrogen-bond acceptors (Lipinski definition) is 14. The zero-order chi connectivity index (χ0) is 31.8. The maximum absolute atomic E-state index is 13.3. The molecule has 0 aromatic carbocycles. The molecule has 2 aliphatic rings. The number of rotatable bonds is 12. The number of amides is 2. The first-order chi connectivity index (χ1) is 20.9. The SMILES string of the molecule is CC(C)(ON=C(C(=O)NC1C(=O)N2C(C(=O)O)=C(CSc3nc4c[n+](CCO)ccc4s3)CS[C@@H]12)c1csc(N)n1)C(=O)O. The molecular weight excluding hydrogens is 655 g/mol. The van der Waals surface area contributed by atoms with Crippen LogP contribution in [0.25, 0.3) is 10.2 Å². The molecular formula is C25H26N7O8S4+. The van der Waals surface area contributed by atoms with Gasteiger partial charge >= 0.3 is 11.9 Å². The largest absolute Gasteiger partial charge is 0.478 e. The average Bonchev–Trinajstić information content (AvgIpc) is 3.59. The van der Waals surface area contributed by atoms with Gasteiger partial charge in [-0.2, -0.15) is 0 Å². The van der Waals surface area contributed by atoms with E-state index < -0.39 is 40.8 Å². The number of nitrogens with one attached hydrogen (secondary N) is 1. The first kappa shape index (κ1) is 31.6. The number of nitrogen functional groups attached to an aromatic ring is 1. The highest BCUT2D eigenvalue weighted by atomic mass is 32.2. The summed E-state index contributed by atoms with van der Waals surface area (Å²) in [5.74, 6) is -3.48.